The molecule has 0 saturated carbocycles. The predicted molar refractivity (Wildman–Crippen MR) is 129 cm³/mol. The van der Waals surface area contributed by atoms with E-state index in [4.69, 9.17) is 4.74 Å². The maximum atomic E-state index is 14.5. The van der Waals surface area contributed by atoms with Crippen molar-refractivity contribution < 1.29 is 59.7 Å². The quantitative estimate of drug-likeness (QED) is 0.277. The van der Waals surface area contributed by atoms with Gasteiger partial charge >= 0.3 is 18.2 Å². The fourth-order valence-electron chi connectivity index (χ4n) is 4.12. The summed E-state index contributed by atoms with van der Waals surface area (Å²) in [6.07, 6.45) is -10.2. The van der Waals surface area contributed by atoms with Gasteiger partial charge in [-0.2, -0.15) is 22.0 Å². The number of sulfone groups is 1. The van der Waals surface area contributed by atoms with E-state index in [1.54, 1.807) is 0 Å². The summed E-state index contributed by atoms with van der Waals surface area (Å²) in [5, 5.41) is 21.4. The lowest BCUT2D eigenvalue weighted by Crippen LogP contribution is -2.61. The van der Waals surface area contributed by atoms with Crippen LogP contribution in [0.1, 0.15) is 25.8 Å². The van der Waals surface area contributed by atoms with Crippen LogP contribution in [0, 0.1) is 5.92 Å². The lowest BCUT2D eigenvalue weighted by atomic mass is 9.93. The van der Waals surface area contributed by atoms with Crippen molar-refractivity contribution in [2.24, 2.45) is 5.92 Å². The molecule has 0 spiro atoms. The van der Waals surface area contributed by atoms with E-state index < -0.39 is 94.5 Å². The number of carboxylic acid groups (broad SMARTS) is 1. The first kappa shape index (κ1) is 33.0. The van der Waals surface area contributed by atoms with Crippen LogP contribution in [0.5, 0.6) is 5.75 Å². The van der Waals surface area contributed by atoms with E-state index in [1.807, 2.05) is 5.32 Å². The van der Waals surface area contributed by atoms with E-state index in [0.29, 0.717) is 16.2 Å². The molecule has 40 heavy (non-hydrogen) atoms. The van der Waals surface area contributed by atoms with Crippen LogP contribution in [0.2, 0.25) is 0 Å². The molecular formula is C23H30F5N3O8S. The molecule has 0 aliphatic carbocycles. The highest BCUT2D eigenvalue weighted by Crippen LogP contribution is 2.29. The van der Waals surface area contributed by atoms with Crippen molar-refractivity contribution in [3.8, 4) is 5.75 Å². The minimum absolute atomic E-state index is 0.365. The van der Waals surface area contributed by atoms with Crippen molar-refractivity contribution in [2.75, 3.05) is 20.2 Å². The third kappa shape index (κ3) is 8.16. The second-order valence-corrected chi connectivity index (χ2v) is 11.9. The monoisotopic (exact) mass is 603 g/mol. The average molecular weight is 604 g/mol. The third-order valence-electron chi connectivity index (χ3n) is 6.34. The number of rotatable bonds is 11. The summed E-state index contributed by atoms with van der Waals surface area (Å²) in [7, 11) is -2.60. The van der Waals surface area contributed by atoms with Gasteiger partial charge in [0.05, 0.1) is 24.2 Å². The smallest absolute Gasteiger partial charge is 0.408 e. The fraction of sp³-hybridized carbons (Fsp3) is 0.609. The number of nitrogens with one attached hydrogen (secondary N) is 2. The topological polar surface area (TPSA) is 162 Å². The van der Waals surface area contributed by atoms with Gasteiger partial charge in [-0.3, -0.25) is 14.5 Å². The Kier molecular flexibility index (Phi) is 10.3. The van der Waals surface area contributed by atoms with Crippen molar-refractivity contribution >= 4 is 27.7 Å². The molecule has 2 rings (SSSR count). The Morgan fingerprint density at radius 1 is 1.12 bits per heavy atom. The molecule has 1 aliphatic heterocycles. The van der Waals surface area contributed by atoms with E-state index in [9.17, 15) is 55.0 Å². The SMILES string of the molecule is COc1ccc(CS(=O)(=O)[C@@H]2C[C@@H](C(=O)N[C@@H](C(C)C)[C@@H](O)C(F)(F)C(=O)NCC(F)(F)F)N(C(=O)O)C2)cc1. The Labute approximate surface area is 226 Å². The number of carbonyl (C=O) groups excluding carboxylic acids is 2. The van der Waals surface area contributed by atoms with Gasteiger partial charge in [-0.05, 0) is 30.0 Å². The molecule has 1 aromatic carbocycles. The van der Waals surface area contributed by atoms with Crippen molar-refractivity contribution in [1.29, 1.82) is 0 Å². The Morgan fingerprint density at radius 2 is 1.70 bits per heavy atom. The summed E-state index contributed by atoms with van der Waals surface area (Å²) in [6, 6.07) is 2.44. The lowest BCUT2D eigenvalue weighted by Gasteiger charge is -2.33. The van der Waals surface area contributed by atoms with Crippen LogP contribution in [0.25, 0.3) is 0 Å². The number of aliphatic hydroxyl groups is 1. The van der Waals surface area contributed by atoms with Crippen molar-refractivity contribution in [2.45, 2.75) is 61.6 Å². The zero-order valence-corrected chi connectivity index (χ0v) is 22.4. The normalized spacial score (nSPS) is 19.7. The van der Waals surface area contributed by atoms with Gasteiger partial charge in [-0.1, -0.05) is 26.0 Å². The van der Waals surface area contributed by atoms with Crippen LogP contribution in [0.3, 0.4) is 0 Å². The number of carbonyl (C=O) groups is 3. The van der Waals surface area contributed by atoms with Crippen molar-refractivity contribution in [1.82, 2.24) is 15.5 Å². The van der Waals surface area contributed by atoms with Gasteiger partial charge in [0.15, 0.2) is 9.84 Å². The van der Waals surface area contributed by atoms with Crippen molar-refractivity contribution in [3.63, 3.8) is 0 Å². The minimum atomic E-state index is -5.00. The summed E-state index contributed by atoms with van der Waals surface area (Å²) in [4.78, 5) is 37.0. The number of hydrogen-bond donors (Lipinski definition) is 4. The molecule has 1 aliphatic rings. The number of hydrogen-bond acceptors (Lipinski definition) is 7. The molecule has 0 unspecified atom stereocenters. The van der Waals surface area contributed by atoms with E-state index >= 15 is 0 Å². The van der Waals surface area contributed by atoms with Gasteiger partial charge in [0, 0.05) is 6.54 Å². The third-order valence-corrected chi connectivity index (χ3v) is 8.43. The van der Waals surface area contributed by atoms with Crippen LogP contribution in [0.15, 0.2) is 24.3 Å². The van der Waals surface area contributed by atoms with Crippen LogP contribution in [-0.2, 0) is 25.2 Å². The Hall–Kier alpha value is -3.21. The Balaban J connectivity index is 2.21. The molecule has 1 saturated heterocycles. The molecule has 11 nitrogen and oxygen atoms in total. The molecule has 4 atom stereocenters. The van der Waals surface area contributed by atoms with E-state index in [2.05, 4.69) is 0 Å². The van der Waals surface area contributed by atoms with Gasteiger partial charge in [-0.15, -0.1) is 0 Å². The molecule has 1 heterocycles. The molecule has 0 radical (unpaired) electrons. The molecule has 3 amide bonds. The second kappa shape index (κ2) is 12.5. The van der Waals surface area contributed by atoms with Crippen LogP contribution >= 0.6 is 0 Å². The zero-order chi connectivity index (χ0) is 30.6. The highest BCUT2D eigenvalue weighted by Gasteiger charge is 2.53. The summed E-state index contributed by atoms with van der Waals surface area (Å²) in [5.41, 5.74) is 0.365. The van der Waals surface area contributed by atoms with Gasteiger partial charge in [0.1, 0.15) is 24.4 Å². The largest absolute Gasteiger partial charge is 0.497 e. The molecule has 1 aromatic rings. The highest BCUT2D eigenvalue weighted by molar-refractivity contribution is 7.91. The number of methoxy groups -OCH3 is 1. The van der Waals surface area contributed by atoms with Crippen LogP contribution in [-0.4, -0.2) is 97.2 Å². The molecule has 4 N–H and O–H groups in total. The van der Waals surface area contributed by atoms with E-state index in [0.717, 1.165) is 5.32 Å². The first-order chi connectivity index (χ1) is 18.3. The number of halogens is 5. The number of amides is 3. The fourth-order valence-corrected chi connectivity index (χ4v) is 5.87. The first-order valence-corrected chi connectivity index (χ1v) is 13.6. The summed E-state index contributed by atoms with van der Waals surface area (Å²) in [6.45, 7) is -0.182. The standard InChI is InChI=1S/C23H30F5N3O8S/c1-12(2)17(18(32)23(27,28)20(34)29-11-22(24,25)26)30-19(33)16-8-15(9-31(16)21(35)36)40(37,38)10-13-4-6-14(39-3)7-5-13/h4-7,12,15-18,32H,8-11H2,1-3H3,(H,29,34)(H,30,33)(H,35,36)/t15-,16+,17+,18-/m1/s1. The van der Waals surface area contributed by atoms with Crippen LogP contribution in [0.4, 0.5) is 26.7 Å². The Bertz CT molecular complexity index is 1180. The van der Waals surface area contributed by atoms with Gasteiger partial charge in [-0.25, -0.2) is 13.2 Å². The van der Waals surface area contributed by atoms with Crippen LogP contribution < -0.4 is 15.4 Å². The zero-order valence-electron chi connectivity index (χ0n) is 21.6. The predicted octanol–water partition coefficient (Wildman–Crippen LogP) is 1.55. The molecule has 17 heteroatoms. The van der Waals surface area contributed by atoms with Gasteiger partial charge < -0.3 is 25.6 Å². The number of aliphatic hydroxyl groups excluding tert-OH is 1. The maximum absolute atomic E-state index is 14.5. The maximum Gasteiger partial charge on any atom is 0.408 e. The van der Waals surface area contributed by atoms with E-state index in [1.165, 1.54) is 45.2 Å². The Morgan fingerprint density at radius 3 is 2.17 bits per heavy atom. The number of ether oxygens (including phenoxy) is 1. The second-order valence-electron chi connectivity index (χ2n) is 9.61. The molecule has 0 aromatic heterocycles. The number of nitrogens with zero attached hydrogens (tertiary/aromatic N) is 1. The average Bonchev–Trinajstić information content (AvgIpc) is 3.32. The lowest BCUT2D eigenvalue weighted by molar-refractivity contribution is -0.175. The van der Waals surface area contributed by atoms with Gasteiger partial charge in [0.2, 0.25) is 5.91 Å². The van der Waals surface area contributed by atoms with Crippen molar-refractivity contribution in [3.05, 3.63) is 29.8 Å². The highest BCUT2D eigenvalue weighted by atomic mass is 32.2. The number of benzene rings is 1. The van der Waals surface area contributed by atoms with Gasteiger partial charge in [0.25, 0.3) is 5.91 Å². The summed E-state index contributed by atoms with van der Waals surface area (Å²) < 4.78 is 97.1. The minimum Gasteiger partial charge on any atom is -0.497 e. The molecule has 0 bridgehead atoms. The number of likely N-dealkylation sites (tertiary alicyclic amines) is 1. The van der Waals surface area contributed by atoms with E-state index in [-0.39, 0.29) is 0 Å². The summed E-state index contributed by atoms with van der Waals surface area (Å²) in [5.74, 6) is -9.48. The number of alkyl halides is 5. The molecular weight excluding hydrogens is 573 g/mol. The molecule has 226 valence electrons. The summed E-state index contributed by atoms with van der Waals surface area (Å²) >= 11 is 0. The first-order valence-electron chi connectivity index (χ1n) is 11.9. The molecule has 1 fully saturated rings.